The summed E-state index contributed by atoms with van der Waals surface area (Å²) in [6.07, 6.45) is -0.233. The molecule has 0 saturated carbocycles. The predicted molar refractivity (Wildman–Crippen MR) is 108 cm³/mol. The fourth-order valence-corrected chi connectivity index (χ4v) is 3.62. The number of aryl methyl sites for hydroxylation is 1. The van der Waals surface area contributed by atoms with Crippen molar-refractivity contribution in [1.29, 1.82) is 0 Å². The molecule has 31 heavy (non-hydrogen) atoms. The Balaban J connectivity index is 1.79. The second kappa shape index (κ2) is 7.93. The first-order chi connectivity index (χ1) is 14.7. The van der Waals surface area contributed by atoms with E-state index in [4.69, 9.17) is 0 Å². The molecule has 162 valence electrons. The van der Waals surface area contributed by atoms with Crippen molar-refractivity contribution in [3.8, 4) is 11.4 Å². The van der Waals surface area contributed by atoms with Crippen molar-refractivity contribution in [1.82, 2.24) is 14.3 Å². The topological polar surface area (TPSA) is 78.2 Å². The zero-order chi connectivity index (χ0) is 22.2. The Morgan fingerprint density at radius 3 is 2.35 bits per heavy atom. The number of fused-ring (bicyclic) bond motifs is 1. The van der Waals surface area contributed by atoms with Gasteiger partial charge in [0.15, 0.2) is 5.82 Å². The summed E-state index contributed by atoms with van der Waals surface area (Å²) in [6.45, 7) is 0. The molecule has 0 saturated heterocycles. The molecule has 0 spiro atoms. The van der Waals surface area contributed by atoms with Crippen LogP contribution in [0.15, 0.2) is 52.2 Å². The molecule has 7 nitrogen and oxygen atoms in total. The largest absolute Gasteiger partial charge is 0.573 e. The maximum atomic E-state index is 13.0. The summed E-state index contributed by atoms with van der Waals surface area (Å²) in [4.78, 5) is 25.5. The van der Waals surface area contributed by atoms with Crippen LogP contribution in [-0.4, -0.2) is 20.7 Å². The Hall–Kier alpha value is -3.56. The Morgan fingerprint density at radius 2 is 1.68 bits per heavy atom. The highest BCUT2D eigenvalue weighted by atomic mass is 19.4. The van der Waals surface area contributed by atoms with Crippen LogP contribution in [-0.2, 0) is 19.9 Å². The Labute approximate surface area is 174 Å². The zero-order valence-corrected chi connectivity index (χ0v) is 16.6. The number of hydrogen-bond donors (Lipinski definition) is 1. The van der Waals surface area contributed by atoms with E-state index in [1.54, 1.807) is 25.4 Å². The van der Waals surface area contributed by atoms with Gasteiger partial charge in [0.25, 0.3) is 11.1 Å². The van der Waals surface area contributed by atoms with Gasteiger partial charge in [-0.1, -0.05) is 0 Å². The molecular formula is C21H19F3N4O3. The quantitative estimate of drug-likeness (QED) is 0.683. The third-order valence-corrected chi connectivity index (χ3v) is 5.10. The first-order valence-corrected chi connectivity index (χ1v) is 9.67. The highest BCUT2D eigenvalue weighted by Crippen LogP contribution is 2.27. The standard InChI is InChI=1S/C21H19F3N4O3/c1-27-12-4-7-17(20(27)30)25-18-15-5-2-3-6-16(15)19(29)28(26-18)13-8-10-14(11-9-13)31-21(22,23)24/h4,7-12H,2-3,5-6H2,1H3,(H,25,26). The van der Waals surface area contributed by atoms with Gasteiger partial charge in [-0.15, -0.1) is 18.3 Å². The average molecular weight is 432 g/mol. The molecule has 0 aliphatic heterocycles. The molecule has 1 aliphatic rings. The molecule has 0 fully saturated rings. The van der Waals surface area contributed by atoms with Gasteiger partial charge in [0.1, 0.15) is 11.4 Å². The van der Waals surface area contributed by atoms with E-state index in [2.05, 4.69) is 15.2 Å². The number of ether oxygens (including phenoxy) is 1. The van der Waals surface area contributed by atoms with Crippen molar-refractivity contribution >= 4 is 11.5 Å². The second-order valence-electron chi connectivity index (χ2n) is 7.23. The predicted octanol–water partition coefficient (Wildman–Crippen LogP) is 3.45. The number of pyridine rings is 1. The summed E-state index contributed by atoms with van der Waals surface area (Å²) in [6, 6.07) is 8.24. The van der Waals surface area contributed by atoms with Gasteiger partial charge in [0, 0.05) is 24.4 Å². The first-order valence-electron chi connectivity index (χ1n) is 9.67. The summed E-state index contributed by atoms with van der Waals surface area (Å²) in [5, 5.41) is 7.45. The van der Waals surface area contributed by atoms with Crippen LogP contribution in [0.3, 0.4) is 0 Å². The number of alkyl halides is 3. The molecule has 2 heterocycles. The van der Waals surface area contributed by atoms with Crippen molar-refractivity contribution in [3.63, 3.8) is 0 Å². The fourth-order valence-electron chi connectivity index (χ4n) is 3.62. The average Bonchev–Trinajstić information content (AvgIpc) is 2.73. The van der Waals surface area contributed by atoms with Gasteiger partial charge < -0.3 is 14.6 Å². The lowest BCUT2D eigenvalue weighted by molar-refractivity contribution is -0.274. The lowest BCUT2D eigenvalue weighted by Crippen LogP contribution is -2.30. The minimum Gasteiger partial charge on any atom is -0.406 e. The van der Waals surface area contributed by atoms with Gasteiger partial charge in [-0.3, -0.25) is 9.59 Å². The third kappa shape index (κ3) is 4.32. The van der Waals surface area contributed by atoms with Crippen LogP contribution in [0.4, 0.5) is 24.7 Å². The minimum absolute atomic E-state index is 0.250. The molecule has 0 atom stereocenters. The van der Waals surface area contributed by atoms with Crippen molar-refractivity contribution in [2.45, 2.75) is 32.0 Å². The number of nitrogens with zero attached hydrogens (tertiary/aromatic N) is 3. The number of hydrogen-bond acceptors (Lipinski definition) is 5. The lowest BCUT2D eigenvalue weighted by Gasteiger charge is -2.21. The number of anilines is 2. The minimum atomic E-state index is -4.80. The van der Waals surface area contributed by atoms with E-state index in [0.717, 1.165) is 35.2 Å². The van der Waals surface area contributed by atoms with Crippen molar-refractivity contribution in [3.05, 3.63) is 74.4 Å². The van der Waals surface area contributed by atoms with Gasteiger partial charge >= 0.3 is 6.36 Å². The first kappa shape index (κ1) is 20.7. The van der Waals surface area contributed by atoms with Crippen LogP contribution >= 0.6 is 0 Å². The van der Waals surface area contributed by atoms with Crippen LogP contribution < -0.4 is 21.2 Å². The summed E-state index contributed by atoms with van der Waals surface area (Å²) in [5.74, 6) is -0.0124. The Bertz CT molecular complexity index is 1230. The number of benzene rings is 1. The Morgan fingerprint density at radius 1 is 1.00 bits per heavy atom. The van der Waals surface area contributed by atoms with Crippen LogP contribution in [0.5, 0.6) is 5.75 Å². The van der Waals surface area contributed by atoms with Crippen LogP contribution in [0.2, 0.25) is 0 Å². The molecule has 3 aromatic rings. The van der Waals surface area contributed by atoms with E-state index in [0.29, 0.717) is 29.9 Å². The molecule has 4 rings (SSSR count). The Kier molecular flexibility index (Phi) is 5.30. The second-order valence-corrected chi connectivity index (χ2v) is 7.23. The maximum Gasteiger partial charge on any atom is 0.573 e. The van der Waals surface area contributed by atoms with Gasteiger partial charge in [-0.25, -0.2) is 0 Å². The molecule has 10 heteroatoms. The number of aromatic nitrogens is 3. The molecular weight excluding hydrogens is 413 g/mol. The van der Waals surface area contributed by atoms with E-state index in [1.165, 1.54) is 16.7 Å². The van der Waals surface area contributed by atoms with E-state index in [1.807, 2.05) is 0 Å². The smallest absolute Gasteiger partial charge is 0.406 e. The van der Waals surface area contributed by atoms with Crippen molar-refractivity contribution in [2.24, 2.45) is 7.05 Å². The SMILES string of the molecule is Cn1cccc(Nc2nn(-c3ccc(OC(F)(F)F)cc3)c(=O)c3c2CCCC3)c1=O. The zero-order valence-electron chi connectivity index (χ0n) is 16.6. The molecule has 0 unspecified atom stereocenters. The molecule has 2 aromatic heterocycles. The van der Waals surface area contributed by atoms with E-state index < -0.39 is 12.1 Å². The third-order valence-electron chi connectivity index (χ3n) is 5.10. The van der Waals surface area contributed by atoms with Crippen LogP contribution in [0, 0.1) is 0 Å². The summed E-state index contributed by atoms with van der Waals surface area (Å²) in [7, 11) is 1.63. The van der Waals surface area contributed by atoms with Crippen molar-refractivity contribution in [2.75, 3.05) is 5.32 Å². The van der Waals surface area contributed by atoms with E-state index in [9.17, 15) is 22.8 Å². The summed E-state index contributed by atoms with van der Waals surface area (Å²) < 4.78 is 43.7. The van der Waals surface area contributed by atoms with Gasteiger partial charge in [-0.2, -0.15) is 4.68 Å². The molecule has 1 N–H and O–H groups in total. The molecule has 0 bridgehead atoms. The van der Waals surface area contributed by atoms with Crippen LogP contribution in [0.25, 0.3) is 5.69 Å². The molecule has 1 aromatic carbocycles. The highest BCUT2D eigenvalue weighted by molar-refractivity contribution is 5.60. The van der Waals surface area contributed by atoms with Crippen LogP contribution in [0.1, 0.15) is 24.0 Å². The molecule has 1 aliphatic carbocycles. The lowest BCUT2D eigenvalue weighted by atomic mass is 9.93. The molecule has 0 radical (unpaired) electrons. The summed E-state index contributed by atoms with van der Waals surface area (Å²) >= 11 is 0. The van der Waals surface area contributed by atoms with Gasteiger partial charge in [0.2, 0.25) is 0 Å². The van der Waals surface area contributed by atoms with Gasteiger partial charge in [0.05, 0.1) is 5.69 Å². The van der Waals surface area contributed by atoms with Crippen molar-refractivity contribution < 1.29 is 17.9 Å². The number of nitrogens with one attached hydrogen (secondary N) is 1. The molecule has 0 amide bonds. The monoisotopic (exact) mass is 432 g/mol. The normalized spacial score (nSPS) is 13.5. The maximum absolute atomic E-state index is 13.0. The highest BCUT2D eigenvalue weighted by Gasteiger charge is 2.31. The fraction of sp³-hybridized carbons (Fsp3) is 0.286. The van der Waals surface area contributed by atoms with E-state index in [-0.39, 0.29) is 16.8 Å². The summed E-state index contributed by atoms with van der Waals surface area (Å²) in [5.41, 5.74) is 1.37. The van der Waals surface area contributed by atoms with E-state index >= 15 is 0 Å². The van der Waals surface area contributed by atoms with Gasteiger partial charge in [-0.05, 0) is 62.1 Å². The number of halogens is 3. The number of rotatable bonds is 4.